The molecule has 2 atom stereocenters. The summed E-state index contributed by atoms with van der Waals surface area (Å²) in [5.74, 6) is 2.86. The Hall–Kier alpha value is -0.470. The summed E-state index contributed by atoms with van der Waals surface area (Å²) in [7, 11) is 0. The van der Waals surface area contributed by atoms with Crippen LogP contribution in [0.2, 0.25) is 0 Å². The fourth-order valence-electron chi connectivity index (χ4n) is 5.86. The Morgan fingerprint density at radius 2 is 1.17 bits per heavy atom. The van der Waals surface area contributed by atoms with Crippen LogP contribution in [0, 0.1) is 35.5 Å². The Kier molecular flexibility index (Phi) is 5.42. The molecule has 0 saturated heterocycles. The summed E-state index contributed by atoms with van der Waals surface area (Å²) in [6.07, 6.45) is 9.54. The van der Waals surface area contributed by atoms with Gasteiger partial charge < -0.3 is 0 Å². The lowest BCUT2D eigenvalue weighted by molar-refractivity contribution is -0.184. The van der Waals surface area contributed by atoms with Crippen molar-refractivity contribution in [2.24, 2.45) is 35.5 Å². The topological polar surface area (TPSA) is 0 Å². The molecule has 3 heteroatoms. The van der Waals surface area contributed by atoms with Gasteiger partial charge in [0.15, 0.2) is 0 Å². The second kappa shape index (κ2) is 7.19. The van der Waals surface area contributed by atoms with Crippen molar-refractivity contribution in [1.82, 2.24) is 0 Å². The van der Waals surface area contributed by atoms with Crippen LogP contribution in [-0.2, 0) is 0 Å². The number of hydrogen-bond donors (Lipinski definition) is 0. The third kappa shape index (κ3) is 4.14. The predicted octanol–water partition coefficient (Wildman–Crippen LogP) is 6.76. The summed E-state index contributed by atoms with van der Waals surface area (Å²) in [5, 5.41) is 0. The molecule has 3 saturated carbocycles. The molecule has 0 heterocycles. The highest BCUT2D eigenvalue weighted by atomic mass is 19.4. The Balaban J connectivity index is 1.48. The normalized spacial score (nSPS) is 42.0. The van der Waals surface area contributed by atoms with Gasteiger partial charge in [0.1, 0.15) is 0 Å². The Labute approximate surface area is 138 Å². The maximum Gasteiger partial charge on any atom is 0.391 e. The lowest BCUT2D eigenvalue weighted by atomic mass is 9.73. The number of alkyl halides is 3. The quantitative estimate of drug-likeness (QED) is 0.502. The van der Waals surface area contributed by atoms with E-state index in [2.05, 4.69) is 12.7 Å². The highest BCUT2D eigenvalue weighted by Gasteiger charge is 2.43. The fourth-order valence-corrected chi connectivity index (χ4v) is 5.86. The van der Waals surface area contributed by atoms with Crippen molar-refractivity contribution in [3.8, 4) is 0 Å². The molecule has 3 rings (SSSR count). The van der Waals surface area contributed by atoms with Crippen molar-refractivity contribution in [1.29, 1.82) is 0 Å². The van der Waals surface area contributed by atoms with Gasteiger partial charge in [-0.2, -0.15) is 13.2 Å². The highest BCUT2D eigenvalue weighted by molar-refractivity contribution is 4.91. The van der Waals surface area contributed by atoms with E-state index >= 15 is 0 Å². The van der Waals surface area contributed by atoms with E-state index in [1.54, 1.807) is 0 Å². The molecule has 2 unspecified atom stereocenters. The van der Waals surface area contributed by atoms with Gasteiger partial charge in [0.2, 0.25) is 0 Å². The van der Waals surface area contributed by atoms with E-state index < -0.39 is 12.1 Å². The molecule has 0 aromatic carbocycles. The summed E-state index contributed by atoms with van der Waals surface area (Å²) >= 11 is 0. The van der Waals surface area contributed by atoms with Crippen LogP contribution in [0.25, 0.3) is 0 Å². The molecule has 0 aromatic heterocycles. The molecule has 0 N–H and O–H groups in total. The van der Waals surface area contributed by atoms with E-state index in [9.17, 15) is 13.2 Å². The SMILES string of the molecule is C=CCC1CC2CCC(C3CCC(C(F)(F)F)CC3)CCC2C1. The minimum Gasteiger partial charge on any atom is -0.171 e. The third-order valence-corrected chi connectivity index (χ3v) is 7.16. The monoisotopic (exact) mass is 328 g/mol. The molecular weight excluding hydrogens is 297 g/mol. The maximum atomic E-state index is 12.8. The van der Waals surface area contributed by atoms with Crippen LogP contribution in [0.5, 0.6) is 0 Å². The molecule has 0 nitrogen and oxygen atoms in total. The predicted molar refractivity (Wildman–Crippen MR) is 88.0 cm³/mol. The number of allylic oxidation sites excluding steroid dienone is 1. The lowest BCUT2D eigenvalue weighted by Crippen LogP contribution is -2.30. The van der Waals surface area contributed by atoms with Crippen LogP contribution in [-0.4, -0.2) is 6.18 Å². The smallest absolute Gasteiger partial charge is 0.171 e. The first-order chi connectivity index (χ1) is 11.0. The first-order valence-corrected chi connectivity index (χ1v) is 9.65. The summed E-state index contributed by atoms with van der Waals surface area (Å²) in [5.41, 5.74) is 0. The molecule has 3 fully saturated rings. The fraction of sp³-hybridized carbons (Fsp3) is 0.900. The van der Waals surface area contributed by atoms with E-state index in [4.69, 9.17) is 0 Å². The Bertz CT molecular complexity index is 376. The van der Waals surface area contributed by atoms with Crippen LogP contribution in [0.1, 0.15) is 70.6 Å². The molecule has 0 spiro atoms. The van der Waals surface area contributed by atoms with Crippen LogP contribution in [0.15, 0.2) is 12.7 Å². The average Bonchev–Trinajstić information content (AvgIpc) is 2.79. The molecule has 3 aliphatic carbocycles. The molecule has 3 aliphatic rings. The molecule has 132 valence electrons. The maximum absolute atomic E-state index is 12.8. The molecule has 0 bridgehead atoms. The molecular formula is C20H31F3. The molecule has 23 heavy (non-hydrogen) atoms. The van der Waals surface area contributed by atoms with Crippen molar-refractivity contribution in [2.45, 2.75) is 76.8 Å². The second-order valence-corrected chi connectivity index (χ2v) is 8.45. The van der Waals surface area contributed by atoms with Crippen LogP contribution < -0.4 is 0 Å². The van der Waals surface area contributed by atoms with Crippen LogP contribution in [0.4, 0.5) is 13.2 Å². The lowest BCUT2D eigenvalue weighted by Gasteiger charge is -2.34. The zero-order chi connectivity index (χ0) is 16.4. The van der Waals surface area contributed by atoms with Crippen molar-refractivity contribution in [2.75, 3.05) is 0 Å². The van der Waals surface area contributed by atoms with E-state index in [-0.39, 0.29) is 0 Å². The van der Waals surface area contributed by atoms with Crippen molar-refractivity contribution in [3.63, 3.8) is 0 Å². The van der Waals surface area contributed by atoms with E-state index in [1.807, 2.05) is 0 Å². The molecule has 0 aliphatic heterocycles. The summed E-state index contributed by atoms with van der Waals surface area (Å²) in [6.45, 7) is 3.88. The highest BCUT2D eigenvalue weighted by Crippen LogP contribution is 2.50. The van der Waals surface area contributed by atoms with E-state index in [0.717, 1.165) is 37.0 Å². The number of rotatable bonds is 3. The van der Waals surface area contributed by atoms with Gasteiger partial charge >= 0.3 is 6.18 Å². The van der Waals surface area contributed by atoms with Crippen molar-refractivity contribution < 1.29 is 13.2 Å². The van der Waals surface area contributed by atoms with Crippen molar-refractivity contribution >= 4 is 0 Å². The van der Waals surface area contributed by atoms with Gasteiger partial charge in [-0.25, -0.2) is 0 Å². The summed E-state index contributed by atoms with van der Waals surface area (Å²) in [4.78, 5) is 0. The minimum absolute atomic E-state index is 0.374. The Morgan fingerprint density at radius 1 is 0.739 bits per heavy atom. The first-order valence-electron chi connectivity index (χ1n) is 9.65. The van der Waals surface area contributed by atoms with Crippen LogP contribution in [0.3, 0.4) is 0 Å². The van der Waals surface area contributed by atoms with Gasteiger partial charge in [0, 0.05) is 0 Å². The van der Waals surface area contributed by atoms with E-state index in [0.29, 0.717) is 24.7 Å². The average molecular weight is 328 g/mol. The zero-order valence-corrected chi connectivity index (χ0v) is 14.2. The Morgan fingerprint density at radius 3 is 1.61 bits per heavy atom. The third-order valence-electron chi connectivity index (χ3n) is 7.16. The largest absolute Gasteiger partial charge is 0.391 e. The van der Waals surface area contributed by atoms with Crippen LogP contribution >= 0.6 is 0 Å². The molecule has 0 aromatic rings. The standard InChI is InChI=1S/C20H31F3/c1-2-3-14-12-17-6-4-15(5-7-18(17)13-14)16-8-10-19(11-9-16)20(21,22)23/h2,14-19H,1,3-13H2. The number of fused-ring (bicyclic) bond motifs is 1. The van der Waals surface area contributed by atoms with E-state index in [1.165, 1.54) is 38.5 Å². The molecule has 0 amide bonds. The van der Waals surface area contributed by atoms with Crippen molar-refractivity contribution in [3.05, 3.63) is 12.7 Å². The van der Waals surface area contributed by atoms with Gasteiger partial charge in [-0.1, -0.05) is 6.08 Å². The zero-order valence-electron chi connectivity index (χ0n) is 14.2. The van der Waals surface area contributed by atoms with Gasteiger partial charge in [-0.3, -0.25) is 0 Å². The minimum atomic E-state index is -3.97. The number of hydrogen-bond acceptors (Lipinski definition) is 0. The first kappa shape index (κ1) is 17.4. The van der Waals surface area contributed by atoms with Gasteiger partial charge in [0.25, 0.3) is 0 Å². The second-order valence-electron chi connectivity index (χ2n) is 8.45. The van der Waals surface area contributed by atoms with Gasteiger partial charge in [0.05, 0.1) is 5.92 Å². The summed E-state index contributed by atoms with van der Waals surface area (Å²) < 4.78 is 38.5. The van der Waals surface area contributed by atoms with Gasteiger partial charge in [-0.15, -0.1) is 6.58 Å². The summed E-state index contributed by atoms with van der Waals surface area (Å²) in [6, 6.07) is 0. The number of halogens is 3. The van der Waals surface area contributed by atoms with Gasteiger partial charge in [-0.05, 0) is 100 Å². The molecule has 0 radical (unpaired) electrons.